The molecule has 0 radical (unpaired) electrons. The summed E-state index contributed by atoms with van der Waals surface area (Å²) < 4.78 is 37.9. The highest BCUT2D eigenvalue weighted by Gasteiger charge is 2.44. The Kier molecular flexibility index (Phi) is 4.99. The van der Waals surface area contributed by atoms with Gasteiger partial charge in [-0.15, -0.1) is 11.3 Å². The summed E-state index contributed by atoms with van der Waals surface area (Å²) in [7, 11) is 0. The van der Waals surface area contributed by atoms with E-state index in [4.69, 9.17) is 0 Å². The molecule has 0 bridgehead atoms. The molecule has 1 saturated carbocycles. The molecule has 1 aromatic carbocycles. The fraction of sp³-hybridized carbons (Fsp3) is 0.450. The Morgan fingerprint density at radius 2 is 2.00 bits per heavy atom. The van der Waals surface area contributed by atoms with Crippen LogP contribution in [0.15, 0.2) is 35.7 Å². The number of nitrogens with one attached hydrogen (secondary N) is 1. The van der Waals surface area contributed by atoms with Crippen molar-refractivity contribution < 1.29 is 18.0 Å². The lowest BCUT2D eigenvalue weighted by atomic mass is 10.1. The molecule has 4 rings (SSSR count). The quantitative estimate of drug-likeness (QED) is 0.830. The van der Waals surface area contributed by atoms with Crippen LogP contribution in [-0.4, -0.2) is 30.4 Å². The third kappa shape index (κ3) is 4.19. The third-order valence-corrected chi connectivity index (χ3v) is 6.43. The molecule has 144 valence electrons. The van der Waals surface area contributed by atoms with E-state index in [1.165, 1.54) is 22.6 Å². The topological polar surface area (TPSA) is 32.3 Å². The first-order valence-corrected chi connectivity index (χ1v) is 10.0. The van der Waals surface area contributed by atoms with Crippen LogP contribution in [-0.2, 0) is 23.9 Å². The van der Waals surface area contributed by atoms with Crippen LogP contribution in [0.4, 0.5) is 13.2 Å². The molecule has 27 heavy (non-hydrogen) atoms. The number of carbonyl (C=O) groups excluding carboxylic acids is 1. The number of hydrogen-bond donors (Lipinski definition) is 1. The summed E-state index contributed by atoms with van der Waals surface area (Å²) >= 11 is 1.81. The lowest BCUT2D eigenvalue weighted by Gasteiger charge is -2.26. The van der Waals surface area contributed by atoms with Crippen molar-refractivity contribution in [3.05, 3.63) is 57.3 Å². The maximum atomic E-state index is 12.6. The maximum Gasteiger partial charge on any atom is 0.416 e. The number of amides is 1. The van der Waals surface area contributed by atoms with E-state index >= 15 is 0 Å². The second-order valence-electron chi connectivity index (χ2n) is 7.25. The Hall–Kier alpha value is -1.86. The van der Waals surface area contributed by atoms with Crippen molar-refractivity contribution in [3.63, 3.8) is 0 Å². The van der Waals surface area contributed by atoms with Gasteiger partial charge in [0.2, 0.25) is 5.91 Å². The van der Waals surface area contributed by atoms with E-state index < -0.39 is 11.7 Å². The fourth-order valence-corrected chi connectivity index (χ4v) is 4.63. The van der Waals surface area contributed by atoms with Crippen LogP contribution in [0.2, 0.25) is 0 Å². The second kappa shape index (κ2) is 7.28. The van der Waals surface area contributed by atoms with E-state index in [-0.39, 0.29) is 17.7 Å². The van der Waals surface area contributed by atoms with E-state index in [0.29, 0.717) is 13.0 Å². The predicted molar refractivity (Wildman–Crippen MR) is 98.6 cm³/mol. The summed E-state index contributed by atoms with van der Waals surface area (Å²) in [5.41, 5.74) is 1.55. The average Bonchev–Trinajstić information content (AvgIpc) is 3.31. The van der Waals surface area contributed by atoms with Crippen molar-refractivity contribution in [2.24, 2.45) is 5.92 Å². The normalized spacial score (nSPS) is 22.3. The van der Waals surface area contributed by atoms with Crippen LogP contribution in [0.3, 0.4) is 0 Å². The molecule has 2 aliphatic rings. The highest BCUT2D eigenvalue weighted by atomic mass is 32.1. The number of hydrogen-bond acceptors (Lipinski definition) is 3. The monoisotopic (exact) mass is 394 g/mol. The van der Waals surface area contributed by atoms with Crippen LogP contribution in [0.25, 0.3) is 0 Å². The van der Waals surface area contributed by atoms with Crippen LogP contribution < -0.4 is 5.32 Å². The van der Waals surface area contributed by atoms with Gasteiger partial charge in [0.15, 0.2) is 0 Å². The molecule has 1 aliphatic heterocycles. The molecule has 1 aromatic heterocycles. The van der Waals surface area contributed by atoms with E-state index in [9.17, 15) is 18.0 Å². The average molecular weight is 394 g/mol. The van der Waals surface area contributed by atoms with Crippen molar-refractivity contribution in [2.45, 2.75) is 31.5 Å². The summed E-state index contributed by atoms with van der Waals surface area (Å²) in [4.78, 5) is 16.1. The predicted octanol–water partition coefficient (Wildman–Crippen LogP) is 4.04. The number of benzene rings is 1. The van der Waals surface area contributed by atoms with E-state index in [1.807, 2.05) is 11.3 Å². The molecular weight excluding hydrogens is 373 g/mol. The third-order valence-electron chi connectivity index (χ3n) is 5.41. The number of fused-ring (bicyclic) bond motifs is 1. The van der Waals surface area contributed by atoms with Crippen LogP contribution >= 0.6 is 11.3 Å². The molecule has 2 unspecified atom stereocenters. The van der Waals surface area contributed by atoms with Gasteiger partial charge in [0.05, 0.1) is 5.56 Å². The van der Waals surface area contributed by atoms with Crippen molar-refractivity contribution in [1.29, 1.82) is 0 Å². The number of thiophene rings is 1. The molecule has 1 fully saturated rings. The van der Waals surface area contributed by atoms with Gasteiger partial charge in [-0.05, 0) is 53.5 Å². The molecule has 1 N–H and O–H groups in total. The largest absolute Gasteiger partial charge is 0.416 e. The smallest absolute Gasteiger partial charge is 0.355 e. The van der Waals surface area contributed by atoms with Gasteiger partial charge in [-0.25, -0.2) is 0 Å². The van der Waals surface area contributed by atoms with E-state index in [0.717, 1.165) is 43.8 Å². The Morgan fingerprint density at radius 3 is 2.74 bits per heavy atom. The number of nitrogens with zero attached hydrogens (tertiary/aromatic N) is 1. The molecule has 2 aromatic rings. The summed E-state index contributed by atoms with van der Waals surface area (Å²) in [6.07, 6.45) is -2.55. The summed E-state index contributed by atoms with van der Waals surface area (Å²) in [6, 6.07) is 7.35. The highest BCUT2D eigenvalue weighted by Crippen LogP contribution is 2.47. The van der Waals surface area contributed by atoms with Crippen LogP contribution in [0.1, 0.15) is 33.9 Å². The van der Waals surface area contributed by atoms with Gasteiger partial charge in [-0.2, -0.15) is 13.2 Å². The van der Waals surface area contributed by atoms with Crippen molar-refractivity contribution >= 4 is 17.2 Å². The number of carbonyl (C=O) groups is 1. The Morgan fingerprint density at radius 1 is 1.22 bits per heavy atom. The zero-order valence-corrected chi connectivity index (χ0v) is 15.6. The Balaban J connectivity index is 1.22. The molecular formula is C20H21F3N2OS. The molecule has 2 atom stereocenters. The number of halogens is 3. The van der Waals surface area contributed by atoms with Gasteiger partial charge in [0.25, 0.3) is 0 Å². The SMILES string of the molecule is O=C(NCCN1CCc2sccc2C1)C1CC1c1ccc(C(F)(F)F)cc1. The Labute approximate surface area is 160 Å². The summed E-state index contributed by atoms with van der Waals surface area (Å²) in [5, 5.41) is 5.12. The second-order valence-corrected chi connectivity index (χ2v) is 8.26. The maximum absolute atomic E-state index is 12.6. The number of rotatable bonds is 5. The first kappa shape index (κ1) is 18.5. The highest BCUT2D eigenvalue weighted by molar-refractivity contribution is 7.10. The standard InChI is InChI=1S/C20H21F3N2OS/c21-20(22,23)15-3-1-13(2-4-15)16-11-17(16)19(26)24-7-9-25-8-5-18-14(12-25)6-10-27-18/h1-4,6,10,16-17H,5,7-9,11-12H2,(H,24,26). The molecule has 1 amide bonds. The summed E-state index contributed by atoms with van der Waals surface area (Å²) in [6.45, 7) is 3.38. The molecule has 0 spiro atoms. The number of alkyl halides is 3. The van der Waals surface area contributed by atoms with Gasteiger partial charge in [-0.3, -0.25) is 9.69 Å². The molecule has 7 heteroatoms. The van der Waals surface area contributed by atoms with Gasteiger partial charge in [0, 0.05) is 37.0 Å². The zero-order valence-electron chi connectivity index (χ0n) is 14.8. The van der Waals surface area contributed by atoms with E-state index in [1.54, 1.807) is 0 Å². The molecule has 3 nitrogen and oxygen atoms in total. The van der Waals surface area contributed by atoms with E-state index in [2.05, 4.69) is 21.7 Å². The van der Waals surface area contributed by atoms with Gasteiger partial charge < -0.3 is 5.32 Å². The van der Waals surface area contributed by atoms with Crippen molar-refractivity contribution in [1.82, 2.24) is 10.2 Å². The van der Waals surface area contributed by atoms with Gasteiger partial charge in [0.1, 0.15) is 0 Å². The minimum Gasteiger partial charge on any atom is -0.355 e. The molecule has 2 heterocycles. The molecule has 1 aliphatic carbocycles. The van der Waals surface area contributed by atoms with Crippen LogP contribution in [0.5, 0.6) is 0 Å². The lowest BCUT2D eigenvalue weighted by Crippen LogP contribution is -2.38. The summed E-state index contributed by atoms with van der Waals surface area (Å²) in [5.74, 6) is -0.0738. The zero-order chi connectivity index (χ0) is 19.0. The van der Waals surface area contributed by atoms with Crippen LogP contribution in [0, 0.1) is 5.92 Å². The van der Waals surface area contributed by atoms with Crippen molar-refractivity contribution in [2.75, 3.05) is 19.6 Å². The Bertz CT molecular complexity index is 815. The van der Waals surface area contributed by atoms with Gasteiger partial charge >= 0.3 is 6.18 Å². The first-order chi connectivity index (χ1) is 12.9. The fourth-order valence-electron chi connectivity index (χ4n) is 3.74. The van der Waals surface area contributed by atoms with Gasteiger partial charge in [-0.1, -0.05) is 12.1 Å². The lowest BCUT2D eigenvalue weighted by molar-refractivity contribution is -0.137. The molecule has 0 saturated heterocycles. The first-order valence-electron chi connectivity index (χ1n) is 9.14. The minimum absolute atomic E-state index is 0.00753. The minimum atomic E-state index is -4.32. The van der Waals surface area contributed by atoms with Crippen molar-refractivity contribution in [3.8, 4) is 0 Å².